The number of benzene rings is 2. The highest BCUT2D eigenvalue weighted by molar-refractivity contribution is 7.96. The monoisotopic (exact) mass is 433 g/mol. The van der Waals surface area contributed by atoms with Gasteiger partial charge in [-0.3, -0.25) is 4.79 Å². The third-order valence-electron chi connectivity index (χ3n) is 4.32. The van der Waals surface area contributed by atoms with E-state index in [1.807, 2.05) is 0 Å². The van der Waals surface area contributed by atoms with Crippen LogP contribution in [0.4, 0.5) is 18.9 Å². The zero-order chi connectivity index (χ0) is 20.7. The van der Waals surface area contributed by atoms with Crippen LogP contribution in [0.3, 0.4) is 0 Å². The molecule has 0 spiro atoms. The predicted molar refractivity (Wildman–Crippen MR) is 95.0 cm³/mol. The van der Waals surface area contributed by atoms with Crippen molar-refractivity contribution in [2.24, 2.45) is 0 Å². The lowest BCUT2D eigenvalue weighted by atomic mass is 10.2. The average Bonchev–Trinajstić information content (AvgIpc) is 2.99. The maximum Gasteiger partial charge on any atom is 0.258 e. The highest BCUT2D eigenvalue weighted by Crippen LogP contribution is 2.27. The Morgan fingerprint density at radius 1 is 1.00 bits per heavy atom. The fraction of sp³-hybridized carbons (Fsp3) is 0.235. The van der Waals surface area contributed by atoms with Crippen LogP contribution in [0.2, 0.25) is 0 Å². The second-order valence-electron chi connectivity index (χ2n) is 6.29. The molecule has 3 rings (SSSR count). The van der Waals surface area contributed by atoms with Gasteiger partial charge in [0.15, 0.2) is 31.3 Å². The minimum absolute atomic E-state index is 0.0849. The quantitative estimate of drug-likeness (QED) is 0.747. The summed E-state index contributed by atoms with van der Waals surface area (Å²) in [7, 11) is -7.57. The largest absolute Gasteiger partial charge is 0.322 e. The highest BCUT2D eigenvalue weighted by atomic mass is 32.2. The molecule has 1 aliphatic heterocycles. The molecule has 1 heterocycles. The molecule has 0 bridgehead atoms. The van der Waals surface area contributed by atoms with E-state index in [9.17, 15) is 34.8 Å². The van der Waals surface area contributed by atoms with Gasteiger partial charge in [-0.25, -0.2) is 30.0 Å². The zero-order valence-electron chi connectivity index (χ0n) is 14.2. The van der Waals surface area contributed by atoms with Gasteiger partial charge in [0.05, 0.1) is 27.2 Å². The Bertz CT molecular complexity index is 1160. The number of rotatable bonds is 4. The first-order valence-corrected chi connectivity index (χ1v) is 11.4. The third kappa shape index (κ3) is 4.04. The summed E-state index contributed by atoms with van der Waals surface area (Å²) in [6, 6.07) is 5.03. The Labute approximate surface area is 159 Å². The van der Waals surface area contributed by atoms with Gasteiger partial charge in [0.2, 0.25) is 0 Å². The van der Waals surface area contributed by atoms with Crippen LogP contribution in [0.15, 0.2) is 41.3 Å². The van der Waals surface area contributed by atoms with E-state index >= 15 is 0 Å². The lowest BCUT2D eigenvalue weighted by molar-refractivity contribution is 0.102. The molecule has 1 N–H and O–H groups in total. The number of hydrogen-bond donors (Lipinski definition) is 1. The van der Waals surface area contributed by atoms with Gasteiger partial charge in [-0.15, -0.1) is 0 Å². The number of amides is 1. The molecule has 1 fully saturated rings. The van der Waals surface area contributed by atoms with E-state index in [-0.39, 0.29) is 17.9 Å². The Morgan fingerprint density at radius 3 is 2.29 bits per heavy atom. The van der Waals surface area contributed by atoms with Crippen LogP contribution >= 0.6 is 0 Å². The average molecular weight is 433 g/mol. The Morgan fingerprint density at radius 2 is 1.68 bits per heavy atom. The molecule has 1 amide bonds. The molecule has 0 saturated carbocycles. The van der Waals surface area contributed by atoms with Crippen molar-refractivity contribution in [3.8, 4) is 0 Å². The Hall–Kier alpha value is -2.40. The van der Waals surface area contributed by atoms with E-state index in [2.05, 4.69) is 5.32 Å². The molecule has 11 heteroatoms. The van der Waals surface area contributed by atoms with E-state index < -0.39 is 64.5 Å². The fourth-order valence-electron chi connectivity index (χ4n) is 2.83. The van der Waals surface area contributed by atoms with Crippen molar-refractivity contribution >= 4 is 31.3 Å². The number of carbonyl (C=O) groups excluding carboxylic acids is 1. The van der Waals surface area contributed by atoms with E-state index in [1.165, 1.54) is 0 Å². The van der Waals surface area contributed by atoms with E-state index in [0.29, 0.717) is 6.07 Å². The van der Waals surface area contributed by atoms with Gasteiger partial charge < -0.3 is 5.32 Å². The number of hydrogen-bond acceptors (Lipinski definition) is 5. The Balaban J connectivity index is 1.90. The van der Waals surface area contributed by atoms with E-state index in [4.69, 9.17) is 0 Å². The molecule has 150 valence electrons. The summed E-state index contributed by atoms with van der Waals surface area (Å²) >= 11 is 0. The van der Waals surface area contributed by atoms with Crippen LogP contribution in [0.5, 0.6) is 0 Å². The maximum atomic E-state index is 14.1. The van der Waals surface area contributed by atoms with Crippen LogP contribution < -0.4 is 5.32 Å². The van der Waals surface area contributed by atoms with Gasteiger partial charge in [-0.2, -0.15) is 0 Å². The number of anilines is 1. The SMILES string of the molecule is O=C(Nc1ccc(F)c(F)c1)c1cc(S(=O)(=O)[C@@H]2CCS(=O)(=O)C2)ccc1F. The van der Waals surface area contributed by atoms with Gasteiger partial charge in [0.25, 0.3) is 5.91 Å². The molecule has 0 aliphatic carbocycles. The van der Waals surface area contributed by atoms with Crippen molar-refractivity contribution in [1.82, 2.24) is 0 Å². The van der Waals surface area contributed by atoms with Crippen molar-refractivity contribution in [3.05, 3.63) is 59.4 Å². The Kier molecular flexibility index (Phi) is 5.24. The molecule has 1 atom stereocenters. The molecule has 2 aromatic carbocycles. The lowest BCUT2D eigenvalue weighted by Crippen LogP contribution is -2.23. The van der Waals surface area contributed by atoms with Crippen molar-refractivity contribution in [2.75, 3.05) is 16.8 Å². The van der Waals surface area contributed by atoms with Crippen LogP contribution in [0.25, 0.3) is 0 Å². The van der Waals surface area contributed by atoms with Gasteiger partial charge in [-0.1, -0.05) is 0 Å². The standard InChI is InChI=1S/C17H14F3NO5S2/c18-14-4-2-11(28(25,26)12-5-6-27(23,24)9-12)8-13(14)17(22)21-10-1-3-15(19)16(20)7-10/h1-4,7-8,12H,5-6,9H2,(H,21,22)/t12-/m1/s1. The van der Waals surface area contributed by atoms with E-state index in [1.54, 1.807) is 0 Å². The summed E-state index contributed by atoms with van der Waals surface area (Å²) in [6.45, 7) is 0. The van der Waals surface area contributed by atoms with Crippen LogP contribution in [-0.4, -0.2) is 39.5 Å². The topological polar surface area (TPSA) is 97.4 Å². The van der Waals surface area contributed by atoms with Gasteiger partial charge in [0, 0.05) is 11.8 Å². The summed E-state index contributed by atoms with van der Waals surface area (Å²) in [5.41, 5.74) is -0.787. The smallest absolute Gasteiger partial charge is 0.258 e. The number of carbonyl (C=O) groups is 1. The lowest BCUT2D eigenvalue weighted by Gasteiger charge is -2.12. The van der Waals surface area contributed by atoms with Crippen LogP contribution in [0, 0.1) is 17.5 Å². The number of halogens is 3. The fourth-order valence-corrected chi connectivity index (χ4v) is 7.21. The highest BCUT2D eigenvalue weighted by Gasteiger charge is 2.38. The number of nitrogens with one attached hydrogen (secondary N) is 1. The third-order valence-corrected chi connectivity index (χ3v) is 8.49. The van der Waals surface area contributed by atoms with Gasteiger partial charge >= 0.3 is 0 Å². The molecule has 0 unspecified atom stereocenters. The summed E-state index contributed by atoms with van der Waals surface area (Å²) < 4.78 is 88.7. The summed E-state index contributed by atoms with van der Waals surface area (Å²) in [4.78, 5) is 11.9. The van der Waals surface area contributed by atoms with Crippen molar-refractivity contribution in [2.45, 2.75) is 16.6 Å². The molecule has 6 nitrogen and oxygen atoms in total. The van der Waals surface area contributed by atoms with Crippen molar-refractivity contribution in [1.29, 1.82) is 0 Å². The summed E-state index contributed by atoms with van der Waals surface area (Å²) in [5.74, 6) is -5.26. The van der Waals surface area contributed by atoms with Crippen molar-refractivity contribution < 1.29 is 34.8 Å². The van der Waals surface area contributed by atoms with Crippen molar-refractivity contribution in [3.63, 3.8) is 0 Å². The predicted octanol–water partition coefficient (Wildman–Crippen LogP) is 2.32. The first-order valence-electron chi connectivity index (χ1n) is 8.00. The number of sulfone groups is 2. The molecule has 2 aromatic rings. The first-order chi connectivity index (χ1) is 13.0. The molecule has 1 saturated heterocycles. The van der Waals surface area contributed by atoms with Gasteiger partial charge in [0.1, 0.15) is 5.82 Å². The molecule has 28 heavy (non-hydrogen) atoms. The molecular formula is C17H14F3NO5S2. The van der Waals surface area contributed by atoms with Crippen LogP contribution in [0.1, 0.15) is 16.8 Å². The minimum Gasteiger partial charge on any atom is -0.322 e. The van der Waals surface area contributed by atoms with E-state index in [0.717, 1.165) is 30.3 Å². The second-order valence-corrected chi connectivity index (χ2v) is 10.8. The van der Waals surface area contributed by atoms with Gasteiger partial charge in [-0.05, 0) is 36.8 Å². The van der Waals surface area contributed by atoms with Crippen LogP contribution in [-0.2, 0) is 19.7 Å². The molecule has 0 aromatic heterocycles. The maximum absolute atomic E-state index is 14.1. The first kappa shape index (κ1) is 20.3. The zero-order valence-corrected chi connectivity index (χ0v) is 15.8. The molecular weight excluding hydrogens is 419 g/mol. The molecule has 0 radical (unpaired) electrons. The summed E-state index contributed by atoms with van der Waals surface area (Å²) in [5, 5.41) is 0.976. The normalized spacial score (nSPS) is 18.8. The summed E-state index contributed by atoms with van der Waals surface area (Å²) in [6.07, 6.45) is -0.0849. The minimum atomic E-state index is -4.10. The second kappa shape index (κ2) is 7.21. The molecule has 1 aliphatic rings.